The number of hydrogen-bond acceptors (Lipinski definition) is 5. The second-order valence-electron chi connectivity index (χ2n) is 9.11. The van der Waals surface area contributed by atoms with Gasteiger partial charge in [-0.3, -0.25) is 0 Å². The van der Waals surface area contributed by atoms with Gasteiger partial charge in [-0.25, -0.2) is 4.98 Å². The Kier molecular flexibility index (Phi) is 3.95. The number of nitrogens with zero attached hydrogens (tertiary/aromatic N) is 1. The van der Waals surface area contributed by atoms with E-state index in [-0.39, 0.29) is 0 Å². The van der Waals surface area contributed by atoms with Gasteiger partial charge in [-0.2, -0.15) is 0 Å². The van der Waals surface area contributed by atoms with Crippen LogP contribution in [0.15, 0.2) is 65.1 Å². The third-order valence-corrected chi connectivity index (χ3v) is 7.66. The molecule has 0 aliphatic carbocycles. The first-order chi connectivity index (χ1) is 14.8. The van der Waals surface area contributed by atoms with Gasteiger partial charge in [-0.1, -0.05) is 24.3 Å². The van der Waals surface area contributed by atoms with E-state index in [1.54, 1.807) is 11.3 Å². The van der Waals surface area contributed by atoms with E-state index >= 15 is 0 Å². The van der Waals surface area contributed by atoms with E-state index in [4.69, 9.17) is 18.7 Å². The van der Waals surface area contributed by atoms with Crippen molar-refractivity contribution in [2.45, 2.75) is 38.9 Å². The van der Waals surface area contributed by atoms with Gasteiger partial charge in [0.15, 0.2) is 0 Å². The molecule has 2 aromatic heterocycles. The fourth-order valence-electron chi connectivity index (χ4n) is 4.15. The van der Waals surface area contributed by atoms with E-state index in [0.717, 1.165) is 43.5 Å². The van der Waals surface area contributed by atoms with E-state index in [0.29, 0.717) is 0 Å². The summed E-state index contributed by atoms with van der Waals surface area (Å²) in [5.41, 5.74) is 4.00. The van der Waals surface area contributed by atoms with E-state index in [1.807, 2.05) is 30.3 Å². The Morgan fingerprint density at radius 2 is 1.61 bits per heavy atom. The zero-order valence-electron chi connectivity index (χ0n) is 17.9. The zero-order valence-corrected chi connectivity index (χ0v) is 18.7. The summed E-state index contributed by atoms with van der Waals surface area (Å²) >= 11 is 1.70. The van der Waals surface area contributed by atoms with Crippen molar-refractivity contribution in [3.05, 3.63) is 60.7 Å². The minimum Gasteiger partial charge on any atom is -0.456 e. The highest BCUT2D eigenvalue weighted by molar-refractivity contribution is 7.21. The smallest absolute Gasteiger partial charge is 0.456 e. The van der Waals surface area contributed by atoms with Crippen LogP contribution >= 0.6 is 11.3 Å². The van der Waals surface area contributed by atoms with E-state index in [9.17, 15) is 0 Å². The molecule has 3 heterocycles. The lowest BCUT2D eigenvalue weighted by atomic mass is 9.76. The van der Waals surface area contributed by atoms with Crippen LogP contribution in [0.4, 0.5) is 0 Å². The van der Waals surface area contributed by atoms with Crippen LogP contribution in [-0.4, -0.2) is 23.3 Å². The largest absolute Gasteiger partial charge is 0.495 e. The Labute approximate surface area is 184 Å². The molecule has 1 fully saturated rings. The molecule has 1 aliphatic rings. The number of thiazole rings is 1. The number of hydrogen-bond donors (Lipinski definition) is 0. The second-order valence-corrected chi connectivity index (χ2v) is 10.1. The van der Waals surface area contributed by atoms with Gasteiger partial charge in [0.2, 0.25) is 0 Å². The number of para-hydroxylation sites is 1. The molecule has 5 aromatic rings. The lowest BCUT2D eigenvalue weighted by molar-refractivity contribution is 0.00578. The number of aromatic nitrogens is 1. The third-order valence-electron chi connectivity index (χ3n) is 6.58. The monoisotopic (exact) mass is 427 g/mol. The van der Waals surface area contributed by atoms with Crippen LogP contribution in [0.1, 0.15) is 27.7 Å². The van der Waals surface area contributed by atoms with Crippen LogP contribution in [-0.2, 0) is 9.31 Å². The molecule has 3 aromatic carbocycles. The Morgan fingerprint density at radius 1 is 0.839 bits per heavy atom. The quantitative estimate of drug-likeness (QED) is 0.317. The topological polar surface area (TPSA) is 44.5 Å². The zero-order chi connectivity index (χ0) is 21.4. The molecule has 0 spiro atoms. The SMILES string of the molecule is CC1(C)OB(c2cccc3oc4ccc(-c5nc6ccccc6s5)cc4c23)OC1(C)C. The molecule has 6 heteroatoms. The number of fused-ring (bicyclic) bond motifs is 4. The molecule has 0 atom stereocenters. The summed E-state index contributed by atoms with van der Waals surface area (Å²) in [7, 11) is -0.444. The van der Waals surface area contributed by atoms with Crippen molar-refractivity contribution in [1.29, 1.82) is 0 Å². The first-order valence-electron chi connectivity index (χ1n) is 10.5. The molecule has 31 heavy (non-hydrogen) atoms. The highest BCUT2D eigenvalue weighted by Gasteiger charge is 2.52. The highest BCUT2D eigenvalue weighted by atomic mass is 32.1. The molecule has 1 saturated heterocycles. The normalized spacial score (nSPS) is 17.9. The first kappa shape index (κ1) is 19.1. The molecule has 1 aliphatic heterocycles. The summed E-state index contributed by atoms with van der Waals surface area (Å²) in [6.45, 7) is 8.30. The van der Waals surface area contributed by atoms with Crippen molar-refractivity contribution >= 4 is 56.1 Å². The molecule has 0 bridgehead atoms. The van der Waals surface area contributed by atoms with Crippen molar-refractivity contribution in [1.82, 2.24) is 4.98 Å². The molecule has 0 unspecified atom stereocenters. The summed E-state index contributed by atoms with van der Waals surface area (Å²) in [4.78, 5) is 4.83. The maximum atomic E-state index is 6.36. The predicted octanol–water partition coefficient (Wildman–Crippen LogP) is 6.16. The average molecular weight is 427 g/mol. The van der Waals surface area contributed by atoms with Crippen LogP contribution in [0.3, 0.4) is 0 Å². The van der Waals surface area contributed by atoms with Crippen molar-refractivity contribution in [3.8, 4) is 10.6 Å². The molecular weight excluding hydrogens is 405 g/mol. The summed E-state index contributed by atoms with van der Waals surface area (Å²) in [6, 6.07) is 20.6. The summed E-state index contributed by atoms with van der Waals surface area (Å²) in [6.07, 6.45) is 0. The van der Waals surface area contributed by atoms with Crippen LogP contribution in [0.5, 0.6) is 0 Å². The predicted molar refractivity (Wildman–Crippen MR) is 128 cm³/mol. The standard InChI is InChI=1S/C25H22BNO3S/c1-24(2)25(3,4)30-26(29-24)17-8-7-10-20-22(17)16-14-15(12-13-19(16)28-20)23-27-18-9-5-6-11-21(18)31-23/h5-14H,1-4H3. The molecule has 4 nitrogen and oxygen atoms in total. The van der Waals surface area contributed by atoms with E-state index < -0.39 is 18.3 Å². The van der Waals surface area contributed by atoms with Gasteiger partial charge >= 0.3 is 7.12 Å². The van der Waals surface area contributed by atoms with Gasteiger partial charge in [-0.15, -0.1) is 11.3 Å². The minimum atomic E-state index is -0.444. The summed E-state index contributed by atoms with van der Waals surface area (Å²) < 4.78 is 20.1. The fourth-order valence-corrected chi connectivity index (χ4v) is 5.11. The molecule has 0 N–H and O–H groups in total. The van der Waals surface area contributed by atoms with Gasteiger partial charge in [0.05, 0.1) is 21.4 Å². The van der Waals surface area contributed by atoms with Crippen molar-refractivity contribution in [2.24, 2.45) is 0 Å². The van der Waals surface area contributed by atoms with Crippen LogP contribution < -0.4 is 5.46 Å². The van der Waals surface area contributed by atoms with Crippen LogP contribution in [0.2, 0.25) is 0 Å². The summed E-state index contributed by atoms with van der Waals surface area (Å²) in [5, 5.41) is 3.10. The van der Waals surface area contributed by atoms with Crippen molar-refractivity contribution in [2.75, 3.05) is 0 Å². The molecule has 154 valence electrons. The van der Waals surface area contributed by atoms with Crippen LogP contribution in [0.25, 0.3) is 42.7 Å². The first-order valence-corrected chi connectivity index (χ1v) is 11.3. The number of furan rings is 1. The van der Waals surface area contributed by atoms with Crippen molar-refractivity contribution in [3.63, 3.8) is 0 Å². The molecular formula is C25H22BNO3S. The van der Waals surface area contributed by atoms with E-state index in [2.05, 4.69) is 58.0 Å². The lowest BCUT2D eigenvalue weighted by Crippen LogP contribution is -2.41. The van der Waals surface area contributed by atoms with Gasteiger partial charge in [0.25, 0.3) is 0 Å². The second kappa shape index (κ2) is 6.42. The molecule has 0 saturated carbocycles. The lowest BCUT2D eigenvalue weighted by Gasteiger charge is -2.32. The maximum Gasteiger partial charge on any atom is 0.495 e. The Morgan fingerprint density at radius 3 is 2.39 bits per heavy atom. The third kappa shape index (κ3) is 2.86. The van der Waals surface area contributed by atoms with Gasteiger partial charge in [0, 0.05) is 16.3 Å². The van der Waals surface area contributed by atoms with Gasteiger partial charge < -0.3 is 13.7 Å². The molecule has 0 amide bonds. The van der Waals surface area contributed by atoms with Gasteiger partial charge in [-0.05, 0) is 69.6 Å². The Hall–Kier alpha value is -2.67. The maximum absolute atomic E-state index is 6.36. The fraction of sp³-hybridized carbons (Fsp3) is 0.240. The molecule has 0 radical (unpaired) electrons. The average Bonchev–Trinajstić information content (AvgIpc) is 3.38. The highest BCUT2D eigenvalue weighted by Crippen LogP contribution is 2.39. The summed E-state index contributed by atoms with van der Waals surface area (Å²) in [5.74, 6) is 0. The Balaban J connectivity index is 1.53. The van der Waals surface area contributed by atoms with Crippen molar-refractivity contribution < 1.29 is 13.7 Å². The van der Waals surface area contributed by atoms with Crippen LogP contribution in [0, 0.1) is 0 Å². The number of benzene rings is 3. The Bertz CT molecular complexity index is 1420. The van der Waals surface area contributed by atoms with Gasteiger partial charge in [0.1, 0.15) is 16.2 Å². The van der Waals surface area contributed by atoms with E-state index in [1.165, 1.54) is 4.70 Å². The molecule has 6 rings (SSSR count). The number of rotatable bonds is 2. The minimum absolute atomic E-state index is 0.397.